The summed E-state index contributed by atoms with van der Waals surface area (Å²) in [4.78, 5) is 39.6. The highest BCUT2D eigenvalue weighted by atomic mass is 32.2. The van der Waals surface area contributed by atoms with Gasteiger partial charge >= 0.3 is 5.69 Å². The van der Waals surface area contributed by atoms with Crippen LogP contribution < -0.4 is 16.6 Å². The minimum absolute atomic E-state index is 0.00146. The highest BCUT2D eigenvalue weighted by Gasteiger charge is 2.35. The number of phenolic OH excluding ortho intramolecular Hbond substituents is 1. The van der Waals surface area contributed by atoms with E-state index in [1.807, 2.05) is 4.98 Å². The van der Waals surface area contributed by atoms with Crippen molar-refractivity contribution in [2.24, 2.45) is 5.92 Å². The minimum Gasteiger partial charge on any atom is -0.508 e. The van der Waals surface area contributed by atoms with Gasteiger partial charge in [-0.15, -0.1) is 0 Å². The lowest BCUT2D eigenvalue weighted by molar-refractivity contribution is -0.120. The van der Waals surface area contributed by atoms with Gasteiger partial charge in [0.05, 0.1) is 5.92 Å². The number of hydrogen-bond donors (Lipinski definition) is 4. The lowest BCUT2D eigenvalue weighted by Gasteiger charge is -2.31. The quantitative estimate of drug-likeness (QED) is 0.564. The molecule has 28 heavy (non-hydrogen) atoms. The second-order valence-electron chi connectivity index (χ2n) is 6.60. The Morgan fingerprint density at radius 2 is 2.04 bits per heavy atom. The zero-order chi connectivity index (χ0) is 20.5. The number of hydrogen-bond acceptors (Lipinski definition) is 6. The number of nitrogens with one attached hydrogen (secondary N) is 3. The van der Waals surface area contributed by atoms with E-state index in [1.165, 1.54) is 19.1 Å². The van der Waals surface area contributed by atoms with E-state index in [0.717, 1.165) is 4.31 Å². The van der Waals surface area contributed by atoms with Crippen molar-refractivity contribution in [2.75, 3.05) is 18.4 Å². The summed E-state index contributed by atoms with van der Waals surface area (Å²) in [6.45, 7) is 1.40. The number of carbonyl (C=O) groups excluding carboxylic acids is 1. The number of H-pyrrole nitrogens is 2. The Bertz CT molecular complexity index is 1120. The number of piperidine rings is 1. The fourth-order valence-corrected chi connectivity index (χ4v) is 4.96. The van der Waals surface area contributed by atoms with Gasteiger partial charge in [0.2, 0.25) is 15.9 Å². The number of rotatable bonds is 4. The van der Waals surface area contributed by atoms with Crippen LogP contribution in [0.15, 0.2) is 38.8 Å². The first-order chi connectivity index (χ1) is 13.2. The minimum atomic E-state index is -4.19. The third-order valence-electron chi connectivity index (χ3n) is 4.54. The maximum Gasteiger partial charge on any atom is 0.325 e. The Morgan fingerprint density at radius 3 is 2.71 bits per heavy atom. The van der Waals surface area contributed by atoms with Crippen LogP contribution >= 0.6 is 0 Å². The van der Waals surface area contributed by atoms with Crippen molar-refractivity contribution < 1.29 is 18.3 Å². The highest BCUT2D eigenvalue weighted by molar-refractivity contribution is 7.89. The molecular formula is C17H20N4O6S. The SMILES string of the molecule is Cc1[nH]c(=O)[nH]c(=O)c1S(=O)(=O)N1CCCC(C(=O)Nc2cccc(O)c2)C1. The number of aromatic nitrogens is 2. The van der Waals surface area contributed by atoms with E-state index in [9.17, 15) is 27.9 Å². The van der Waals surface area contributed by atoms with Crippen LogP contribution in [0.2, 0.25) is 0 Å². The molecule has 0 radical (unpaired) electrons. The molecule has 2 heterocycles. The van der Waals surface area contributed by atoms with Gasteiger partial charge in [0.25, 0.3) is 5.56 Å². The molecule has 0 saturated carbocycles. The molecule has 1 aliphatic rings. The number of aromatic hydroxyl groups is 1. The Labute approximate surface area is 160 Å². The highest BCUT2D eigenvalue weighted by Crippen LogP contribution is 2.24. The smallest absolute Gasteiger partial charge is 0.325 e. The Morgan fingerprint density at radius 1 is 1.29 bits per heavy atom. The second-order valence-corrected chi connectivity index (χ2v) is 8.48. The maximum atomic E-state index is 12.9. The van der Waals surface area contributed by atoms with Crippen molar-refractivity contribution in [3.63, 3.8) is 0 Å². The molecule has 1 amide bonds. The van der Waals surface area contributed by atoms with Gasteiger partial charge in [0.15, 0.2) is 4.90 Å². The first kappa shape index (κ1) is 19.8. The summed E-state index contributed by atoms with van der Waals surface area (Å²) in [7, 11) is -4.19. The summed E-state index contributed by atoms with van der Waals surface area (Å²) in [5.41, 5.74) is -1.44. The van der Waals surface area contributed by atoms with Gasteiger partial charge in [-0.1, -0.05) is 6.07 Å². The van der Waals surface area contributed by atoms with E-state index >= 15 is 0 Å². The molecule has 1 fully saturated rings. The molecule has 2 aromatic rings. The van der Waals surface area contributed by atoms with E-state index in [0.29, 0.717) is 18.5 Å². The number of nitrogens with zero attached hydrogens (tertiary/aromatic N) is 1. The number of sulfonamides is 1. The van der Waals surface area contributed by atoms with Crippen LogP contribution in [0.25, 0.3) is 0 Å². The first-order valence-electron chi connectivity index (χ1n) is 8.62. The lowest BCUT2D eigenvalue weighted by atomic mass is 9.98. The van der Waals surface area contributed by atoms with Gasteiger partial charge in [-0.25, -0.2) is 13.2 Å². The number of benzene rings is 1. The molecule has 11 heteroatoms. The number of aromatic amines is 2. The van der Waals surface area contributed by atoms with Crippen LogP contribution in [0.5, 0.6) is 5.75 Å². The summed E-state index contributed by atoms with van der Waals surface area (Å²) in [5.74, 6) is -0.996. The van der Waals surface area contributed by atoms with Crippen LogP contribution in [0.3, 0.4) is 0 Å². The molecule has 150 valence electrons. The van der Waals surface area contributed by atoms with Crippen molar-refractivity contribution in [1.29, 1.82) is 0 Å². The van der Waals surface area contributed by atoms with Crippen molar-refractivity contribution in [3.8, 4) is 5.75 Å². The van der Waals surface area contributed by atoms with E-state index in [-0.39, 0.29) is 30.4 Å². The molecule has 10 nitrogen and oxygen atoms in total. The summed E-state index contributed by atoms with van der Waals surface area (Å²) in [6.07, 6.45) is 0.926. The average Bonchev–Trinajstić information content (AvgIpc) is 2.60. The van der Waals surface area contributed by atoms with E-state index in [2.05, 4.69) is 10.3 Å². The normalized spacial score (nSPS) is 18.0. The van der Waals surface area contributed by atoms with Crippen LogP contribution in [-0.2, 0) is 14.8 Å². The fraction of sp³-hybridized carbons (Fsp3) is 0.353. The number of anilines is 1. The van der Waals surface area contributed by atoms with E-state index in [1.54, 1.807) is 12.1 Å². The Kier molecular flexibility index (Phi) is 5.38. The number of aryl methyl sites for hydroxylation is 1. The number of carbonyl (C=O) groups is 1. The predicted molar refractivity (Wildman–Crippen MR) is 101 cm³/mol. The second kappa shape index (κ2) is 7.60. The third kappa shape index (κ3) is 3.99. The lowest BCUT2D eigenvalue weighted by Crippen LogP contribution is -2.45. The Hall–Kier alpha value is -2.92. The van der Waals surface area contributed by atoms with Crippen LogP contribution in [0, 0.1) is 12.8 Å². The van der Waals surface area contributed by atoms with Gasteiger partial charge in [-0.3, -0.25) is 14.6 Å². The van der Waals surface area contributed by atoms with Crippen LogP contribution in [0.4, 0.5) is 5.69 Å². The molecular weight excluding hydrogens is 388 g/mol. The molecule has 1 aliphatic heterocycles. The van der Waals surface area contributed by atoms with Crippen LogP contribution in [-0.4, -0.2) is 46.8 Å². The summed E-state index contributed by atoms with van der Waals surface area (Å²) >= 11 is 0. The van der Waals surface area contributed by atoms with E-state index in [4.69, 9.17) is 0 Å². The molecule has 1 aromatic heterocycles. The van der Waals surface area contributed by atoms with Gasteiger partial charge in [-0.05, 0) is 31.9 Å². The molecule has 1 saturated heterocycles. The molecule has 0 bridgehead atoms. The summed E-state index contributed by atoms with van der Waals surface area (Å²) in [6, 6.07) is 6.04. The van der Waals surface area contributed by atoms with Gasteiger partial charge < -0.3 is 15.4 Å². The maximum absolute atomic E-state index is 12.9. The van der Waals surface area contributed by atoms with Gasteiger partial charge in [0.1, 0.15) is 5.75 Å². The number of phenols is 1. The average molecular weight is 408 g/mol. The monoisotopic (exact) mass is 408 g/mol. The molecule has 1 unspecified atom stereocenters. The zero-order valence-corrected chi connectivity index (χ0v) is 15.9. The molecule has 4 N–H and O–H groups in total. The number of amides is 1. The third-order valence-corrected chi connectivity index (χ3v) is 6.56. The largest absolute Gasteiger partial charge is 0.508 e. The standard InChI is InChI=1S/C17H20N4O6S/c1-10-14(16(24)20-17(25)18-10)28(26,27)21-7-3-4-11(9-21)15(23)19-12-5-2-6-13(22)8-12/h2,5-6,8,11,22H,3-4,7,9H2,1H3,(H,19,23)(H2,18,20,24,25). The summed E-state index contributed by atoms with van der Waals surface area (Å²) < 4.78 is 26.9. The zero-order valence-electron chi connectivity index (χ0n) is 15.1. The predicted octanol–water partition coefficient (Wildman–Crippen LogP) is 0.117. The van der Waals surface area contributed by atoms with Crippen LogP contribution in [0.1, 0.15) is 18.5 Å². The molecule has 0 aliphatic carbocycles. The van der Waals surface area contributed by atoms with Gasteiger partial charge in [0, 0.05) is 30.5 Å². The topological polar surface area (TPSA) is 152 Å². The fourth-order valence-electron chi connectivity index (χ4n) is 3.23. The first-order valence-corrected chi connectivity index (χ1v) is 10.1. The van der Waals surface area contributed by atoms with E-state index < -0.39 is 32.1 Å². The van der Waals surface area contributed by atoms with Gasteiger partial charge in [-0.2, -0.15) is 4.31 Å². The van der Waals surface area contributed by atoms with Crippen molar-refractivity contribution >= 4 is 21.6 Å². The molecule has 1 atom stereocenters. The van der Waals surface area contributed by atoms with Crippen molar-refractivity contribution in [1.82, 2.24) is 14.3 Å². The Balaban J connectivity index is 1.82. The molecule has 3 rings (SSSR count). The molecule has 1 aromatic carbocycles. The van der Waals surface area contributed by atoms with Crippen molar-refractivity contribution in [3.05, 3.63) is 50.8 Å². The van der Waals surface area contributed by atoms with Crippen molar-refractivity contribution in [2.45, 2.75) is 24.7 Å². The molecule has 0 spiro atoms. The summed E-state index contributed by atoms with van der Waals surface area (Å²) in [5, 5.41) is 12.1.